The molecule has 0 N–H and O–H groups in total. The summed E-state index contributed by atoms with van der Waals surface area (Å²) in [5, 5.41) is 8.71. The van der Waals surface area contributed by atoms with Gasteiger partial charge in [0, 0.05) is 6.20 Å². The highest BCUT2D eigenvalue weighted by molar-refractivity contribution is 5.74. The highest BCUT2D eigenvalue weighted by Crippen LogP contribution is 2.26. The van der Waals surface area contributed by atoms with Crippen molar-refractivity contribution in [1.29, 1.82) is 0 Å². The van der Waals surface area contributed by atoms with Crippen LogP contribution in [0.3, 0.4) is 0 Å². The molecule has 0 saturated heterocycles. The Morgan fingerprint density at radius 2 is 2.04 bits per heavy atom. The first-order chi connectivity index (χ1) is 11.6. The van der Waals surface area contributed by atoms with Gasteiger partial charge in [0.25, 0.3) is 0 Å². The molecule has 24 heavy (non-hydrogen) atoms. The summed E-state index contributed by atoms with van der Waals surface area (Å²) in [5.41, 5.74) is 4.26. The van der Waals surface area contributed by atoms with Gasteiger partial charge in [-0.05, 0) is 37.6 Å². The molecule has 2 heterocycles. The van der Waals surface area contributed by atoms with Crippen molar-refractivity contribution >= 4 is 23.1 Å². The molecule has 122 valence electrons. The summed E-state index contributed by atoms with van der Waals surface area (Å²) in [6.45, 7) is 4.03. The number of nitrogens with zero attached hydrogens (tertiary/aromatic N) is 4. The molecule has 0 aliphatic heterocycles. The van der Waals surface area contributed by atoms with E-state index in [1.807, 2.05) is 54.8 Å². The molecule has 0 spiro atoms. The van der Waals surface area contributed by atoms with Crippen LogP contribution < -0.4 is 0 Å². The Bertz CT molecular complexity index is 928. The minimum absolute atomic E-state index is 0.0550. The van der Waals surface area contributed by atoms with E-state index in [2.05, 4.69) is 21.3 Å². The lowest BCUT2D eigenvalue weighted by atomic mass is 10.1. The predicted molar refractivity (Wildman–Crippen MR) is 91.0 cm³/mol. The normalized spacial score (nSPS) is 11.3. The Morgan fingerprint density at radius 3 is 2.79 bits per heavy atom. The van der Waals surface area contributed by atoms with Crippen molar-refractivity contribution in [3.63, 3.8) is 0 Å². The Kier molecular flexibility index (Phi) is 4.37. The molecule has 0 bridgehead atoms. The second-order valence-corrected chi connectivity index (χ2v) is 5.55. The first kappa shape index (κ1) is 15.9. The average Bonchev–Trinajstić information content (AvgIpc) is 2.91. The summed E-state index contributed by atoms with van der Waals surface area (Å²) in [6, 6.07) is 11.6. The number of hydrogen-bond acceptors (Lipinski definition) is 5. The van der Waals surface area contributed by atoms with Crippen molar-refractivity contribution < 1.29 is 9.53 Å². The topological polar surface area (TPSA) is 68.3 Å². The number of imidazole rings is 1. The molecule has 0 radical (unpaired) electrons. The fraction of sp³-hybridized carbons (Fsp3) is 0.222. The third kappa shape index (κ3) is 3.17. The van der Waals surface area contributed by atoms with Crippen molar-refractivity contribution in [1.82, 2.24) is 9.38 Å². The summed E-state index contributed by atoms with van der Waals surface area (Å²) in [6.07, 6.45) is 1.90. The molecule has 0 atom stereocenters. The molecule has 0 saturated carbocycles. The molecule has 0 aliphatic carbocycles. The van der Waals surface area contributed by atoms with E-state index in [4.69, 9.17) is 4.74 Å². The number of azo groups is 1. The lowest BCUT2D eigenvalue weighted by Crippen LogP contribution is -2.04. The van der Waals surface area contributed by atoms with Crippen LogP contribution in [0.15, 0.2) is 52.8 Å². The monoisotopic (exact) mass is 322 g/mol. The predicted octanol–water partition coefficient (Wildman–Crippen LogP) is 4.08. The van der Waals surface area contributed by atoms with Gasteiger partial charge in [-0.1, -0.05) is 23.8 Å². The fourth-order valence-corrected chi connectivity index (χ4v) is 2.48. The van der Waals surface area contributed by atoms with E-state index in [0.717, 1.165) is 11.3 Å². The van der Waals surface area contributed by atoms with E-state index < -0.39 is 0 Å². The van der Waals surface area contributed by atoms with Gasteiger partial charge in [-0.25, -0.2) is 4.98 Å². The maximum Gasteiger partial charge on any atom is 0.311 e. The Hall–Kier alpha value is -3.02. The van der Waals surface area contributed by atoms with Gasteiger partial charge < -0.3 is 4.74 Å². The fourth-order valence-electron chi connectivity index (χ4n) is 2.48. The lowest BCUT2D eigenvalue weighted by molar-refractivity contribution is -0.139. The second-order valence-electron chi connectivity index (χ2n) is 5.55. The van der Waals surface area contributed by atoms with E-state index in [1.165, 1.54) is 12.7 Å². The molecule has 1 aromatic carbocycles. The summed E-state index contributed by atoms with van der Waals surface area (Å²) in [4.78, 5) is 16.1. The largest absolute Gasteiger partial charge is 0.469 e. The zero-order chi connectivity index (χ0) is 17.1. The number of esters is 1. The first-order valence-corrected chi connectivity index (χ1v) is 7.60. The van der Waals surface area contributed by atoms with Gasteiger partial charge in [0.15, 0.2) is 5.82 Å². The second kappa shape index (κ2) is 6.62. The minimum atomic E-state index is -0.360. The van der Waals surface area contributed by atoms with Gasteiger partial charge in [-0.3, -0.25) is 9.20 Å². The van der Waals surface area contributed by atoms with Gasteiger partial charge in [0.2, 0.25) is 0 Å². The number of ether oxygens (including phenoxy) is 1. The van der Waals surface area contributed by atoms with Crippen molar-refractivity contribution in [2.75, 3.05) is 7.11 Å². The zero-order valence-corrected chi connectivity index (χ0v) is 13.9. The zero-order valence-electron chi connectivity index (χ0n) is 13.9. The third-order valence-corrected chi connectivity index (χ3v) is 3.72. The number of aromatic nitrogens is 2. The van der Waals surface area contributed by atoms with Crippen LogP contribution in [0.5, 0.6) is 0 Å². The average molecular weight is 322 g/mol. The number of carbonyl (C=O) groups is 1. The molecule has 0 amide bonds. The number of methoxy groups -OCH3 is 1. The SMILES string of the molecule is COC(=O)Cc1nc2ccccn2c1N=Nc1ccc(C)cc1C. The van der Waals surface area contributed by atoms with Crippen LogP contribution in [0.4, 0.5) is 11.5 Å². The molecule has 6 heteroatoms. The lowest BCUT2D eigenvalue weighted by Gasteiger charge is -2.01. The number of aryl methyl sites for hydroxylation is 2. The maximum atomic E-state index is 11.6. The van der Waals surface area contributed by atoms with Crippen LogP contribution in [0, 0.1) is 13.8 Å². The number of benzene rings is 1. The number of fused-ring (bicyclic) bond motifs is 1. The summed E-state index contributed by atoms with van der Waals surface area (Å²) in [5.74, 6) is 0.178. The van der Waals surface area contributed by atoms with Crippen molar-refractivity contribution in [2.45, 2.75) is 20.3 Å². The molecule has 0 aliphatic rings. The third-order valence-electron chi connectivity index (χ3n) is 3.72. The summed E-state index contributed by atoms with van der Waals surface area (Å²) < 4.78 is 6.55. The van der Waals surface area contributed by atoms with E-state index in [0.29, 0.717) is 17.2 Å². The summed E-state index contributed by atoms with van der Waals surface area (Å²) in [7, 11) is 1.36. The van der Waals surface area contributed by atoms with Gasteiger partial charge >= 0.3 is 5.97 Å². The van der Waals surface area contributed by atoms with Gasteiger partial charge in [0.05, 0.1) is 24.9 Å². The highest BCUT2D eigenvalue weighted by Gasteiger charge is 2.15. The van der Waals surface area contributed by atoms with Gasteiger partial charge in [-0.15, -0.1) is 10.2 Å². The van der Waals surface area contributed by atoms with Crippen LogP contribution in [-0.2, 0) is 16.0 Å². The van der Waals surface area contributed by atoms with E-state index in [1.54, 1.807) is 0 Å². The molecule has 3 aromatic rings. The molecule has 6 nitrogen and oxygen atoms in total. The molecular formula is C18H18N4O2. The molecular weight excluding hydrogens is 304 g/mol. The highest BCUT2D eigenvalue weighted by atomic mass is 16.5. The number of carbonyl (C=O) groups excluding carboxylic acids is 1. The Labute approximate surface area is 139 Å². The summed E-state index contributed by atoms with van der Waals surface area (Å²) >= 11 is 0. The van der Waals surface area contributed by atoms with Crippen LogP contribution in [0.1, 0.15) is 16.8 Å². The standard InChI is InChI=1S/C18H18N4O2/c1-12-7-8-14(13(2)10-12)20-21-18-15(11-17(23)24-3)19-16-6-4-5-9-22(16)18/h4-10H,11H2,1-3H3. The van der Waals surface area contributed by atoms with Crippen LogP contribution in [0.25, 0.3) is 5.65 Å². The molecule has 0 fully saturated rings. The van der Waals surface area contributed by atoms with Crippen LogP contribution in [0.2, 0.25) is 0 Å². The smallest absolute Gasteiger partial charge is 0.311 e. The first-order valence-electron chi connectivity index (χ1n) is 7.60. The molecule has 2 aromatic heterocycles. The van der Waals surface area contributed by atoms with E-state index >= 15 is 0 Å². The van der Waals surface area contributed by atoms with Gasteiger partial charge in [-0.2, -0.15) is 0 Å². The number of pyridine rings is 1. The maximum absolute atomic E-state index is 11.6. The van der Waals surface area contributed by atoms with Crippen molar-refractivity contribution in [3.05, 3.63) is 59.4 Å². The van der Waals surface area contributed by atoms with Crippen molar-refractivity contribution in [3.8, 4) is 0 Å². The van der Waals surface area contributed by atoms with Crippen LogP contribution in [-0.4, -0.2) is 22.5 Å². The van der Waals surface area contributed by atoms with E-state index in [-0.39, 0.29) is 12.4 Å². The molecule has 0 unspecified atom stereocenters. The Balaban J connectivity index is 2.04. The Morgan fingerprint density at radius 1 is 1.21 bits per heavy atom. The number of rotatable bonds is 4. The van der Waals surface area contributed by atoms with E-state index in [9.17, 15) is 4.79 Å². The number of hydrogen-bond donors (Lipinski definition) is 0. The quantitative estimate of drug-likeness (QED) is 0.537. The van der Waals surface area contributed by atoms with Crippen LogP contribution >= 0.6 is 0 Å². The minimum Gasteiger partial charge on any atom is -0.469 e. The van der Waals surface area contributed by atoms with Gasteiger partial charge in [0.1, 0.15) is 5.65 Å². The molecule has 3 rings (SSSR count). The van der Waals surface area contributed by atoms with Crippen molar-refractivity contribution in [2.24, 2.45) is 10.2 Å².